The van der Waals surface area contributed by atoms with Gasteiger partial charge in [-0.25, -0.2) is 0 Å². The number of hydrogen-bond donors (Lipinski definition) is 1. The van der Waals surface area contributed by atoms with Crippen molar-refractivity contribution in [2.24, 2.45) is 0 Å². The number of nitrogens with one attached hydrogen (secondary N) is 1. The minimum absolute atomic E-state index is 0.0685. The monoisotopic (exact) mass is 676 g/mol. The van der Waals surface area contributed by atoms with E-state index in [2.05, 4.69) is 216 Å². The van der Waals surface area contributed by atoms with E-state index in [4.69, 9.17) is 0 Å². The molecule has 9 aromatic rings. The van der Waals surface area contributed by atoms with Gasteiger partial charge >= 0.3 is 0 Å². The summed E-state index contributed by atoms with van der Waals surface area (Å²) in [7, 11) is 0. The second kappa shape index (κ2) is 13.0. The predicted molar refractivity (Wildman–Crippen MR) is 225 cm³/mol. The molecule has 0 radical (unpaired) electrons. The normalized spacial score (nSPS) is 13.6. The Hall–Kier alpha value is -6.90. The van der Waals surface area contributed by atoms with Gasteiger partial charge in [-0.1, -0.05) is 176 Å². The van der Waals surface area contributed by atoms with E-state index >= 15 is 0 Å². The van der Waals surface area contributed by atoms with Crippen LogP contribution in [0.1, 0.15) is 11.7 Å². The van der Waals surface area contributed by atoms with Crippen LogP contribution >= 0.6 is 0 Å². The van der Waals surface area contributed by atoms with Crippen molar-refractivity contribution < 1.29 is 0 Å². The second-order valence-corrected chi connectivity index (χ2v) is 13.8. The Morgan fingerprint density at radius 2 is 0.792 bits per heavy atom. The van der Waals surface area contributed by atoms with Gasteiger partial charge in [-0.05, 0) is 102 Å². The standard InChI is InChI=1S/C51H36N2/c1-4-15-35(16-5-1)37-27-29-38(30-28-37)49-43-23-10-12-25-45(43)50(46-26-13-11-24-44(46)49)40-31-32-48-47(34-40)52-51(53(48)42-21-8-3-9-22-42)41-20-14-19-39(33-41)36-17-6-2-7-18-36/h1-34,51-52H. The smallest absolute Gasteiger partial charge is 0.130 e. The number of benzene rings is 9. The van der Waals surface area contributed by atoms with Crippen LogP contribution in [0.15, 0.2) is 206 Å². The summed E-state index contributed by atoms with van der Waals surface area (Å²) < 4.78 is 0. The third-order valence-electron chi connectivity index (χ3n) is 10.7. The van der Waals surface area contributed by atoms with Gasteiger partial charge in [0, 0.05) is 5.69 Å². The lowest BCUT2D eigenvalue weighted by Gasteiger charge is -2.27. The van der Waals surface area contributed by atoms with E-state index in [0.717, 1.165) is 11.4 Å². The van der Waals surface area contributed by atoms with E-state index < -0.39 is 0 Å². The van der Waals surface area contributed by atoms with Gasteiger partial charge in [0.25, 0.3) is 0 Å². The zero-order chi connectivity index (χ0) is 35.1. The molecule has 1 heterocycles. The molecule has 2 heteroatoms. The highest BCUT2D eigenvalue weighted by atomic mass is 15.3. The molecule has 0 amide bonds. The summed E-state index contributed by atoms with van der Waals surface area (Å²) >= 11 is 0. The minimum Gasteiger partial charge on any atom is -0.359 e. The van der Waals surface area contributed by atoms with E-state index in [9.17, 15) is 0 Å². The van der Waals surface area contributed by atoms with Gasteiger partial charge in [-0.2, -0.15) is 0 Å². The van der Waals surface area contributed by atoms with Crippen LogP contribution in [0.5, 0.6) is 0 Å². The lowest BCUT2D eigenvalue weighted by atomic mass is 9.85. The number of hydrogen-bond acceptors (Lipinski definition) is 2. The molecular weight excluding hydrogens is 641 g/mol. The maximum Gasteiger partial charge on any atom is 0.130 e. The largest absolute Gasteiger partial charge is 0.359 e. The Morgan fingerprint density at radius 1 is 0.340 bits per heavy atom. The van der Waals surface area contributed by atoms with Crippen molar-refractivity contribution in [1.29, 1.82) is 0 Å². The van der Waals surface area contributed by atoms with Crippen LogP contribution in [0, 0.1) is 0 Å². The molecule has 0 bridgehead atoms. The van der Waals surface area contributed by atoms with Crippen molar-refractivity contribution in [3.63, 3.8) is 0 Å². The zero-order valence-electron chi connectivity index (χ0n) is 29.2. The van der Waals surface area contributed by atoms with E-state index in [1.54, 1.807) is 0 Å². The molecule has 1 unspecified atom stereocenters. The van der Waals surface area contributed by atoms with Gasteiger partial charge in [0.05, 0.1) is 11.4 Å². The zero-order valence-corrected chi connectivity index (χ0v) is 29.2. The summed E-state index contributed by atoms with van der Waals surface area (Å²) in [4.78, 5) is 2.43. The molecule has 0 spiro atoms. The van der Waals surface area contributed by atoms with Crippen LogP contribution in [-0.4, -0.2) is 0 Å². The van der Waals surface area contributed by atoms with Gasteiger partial charge in [0.15, 0.2) is 0 Å². The summed E-state index contributed by atoms with van der Waals surface area (Å²) in [5, 5.41) is 8.97. The first kappa shape index (κ1) is 30.9. The average Bonchev–Trinajstić information content (AvgIpc) is 3.63. The molecule has 0 fully saturated rings. The van der Waals surface area contributed by atoms with Crippen molar-refractivity contribution in [2.75, 3.05) is 10.2 Å². The van der Waals surface area contributed by atoms with Crippen LogP contribution in [0.3, 0.4) is 0 Å². The third kappa shape index (κ3) is 5.44. The van der Waals surface area contributed by atoms with Crippen molar-refractivity contribution >= 4 is 38.6 Å². The fourth-order valence-corrected chi connectivity index (χ4v) is 8.21. The maximum absolute atomic E-state index is 3.97. The first-order valence-corrected chi connectivity index (χ1v) is 18.3. The first-order valence-electron chi connectivity index (χ1n) is 18.3. The number of fused-ring (bicyclic) bond motifs is 3. The van der Waals surface area contributed by atoms with Crippen molar-refractivity contribution in [1.82, 2.24) is 0 Å². The predicted octanol–water partition coefficient (Wildman–Crippen LogP) is 13.9. The molecule has 53 heavy (non-hydrogen) atoms. The summed E-state index contributed by atoms with van der Waals surface area (Å²) in [6, 6.07) is 74.7. The molecule has 2 nitrogen and oxygen atoms in total. The molecule has 9 aromatic carbocycles. The molecule has 1 N–H and O–H groups in total. The van der Waals surface area contributed by atoms with E-state index in [0.29, 0.717) is 0 Å². The number of nitrogens with zero attached hydrogens (tertiary/aromatic N) is 1. The second-order valence-electron chi connectivity index (χ2n) is 13.8. The fraction of sp³-hybridized carbons (Fsp3) is 0.0196. The molecule has 1 aliphatic heterocycles. The molecule has 0 aromatic heterocycles. The van der Waals surface area contributed by atoms with E-state index in [1.165, 1.54) is 77.3 Å². The maximum atomic E-state index is 3.97. The average molecular weight is 677 g/mol. The van der Waals surface area contributed by atoms with Crippen LogP contribution in [-0.2, 0) is 0 Å². The Balaban J connectivity index is 1.11. The Labute approximate surface area is 310 Å². The van der Waals surface area contributed by atoms with Gasteiger partial charge in [0.2, 0.25) is 0 Å². The Morgan fingerprint density at radius 3 is 1.40 bits per heavy atom. The molecule has 0 aliphatic carbocycles. The molecule has 10 rings (SSSR count). The summed E-state index contributed by atoms with van der Waals surface area (Å²) in [5.41, 5.74) is 14.5. The number of para-hydroxylation sites is 1. The van der Waals surface area contributed by atoms with Crippen LogP contribution < -0.4 is 10.2 Å². The summed E-state index contributed by atoms with van der Waals surface area (Å²) in [6.07, 6.45) is -0.0685. The summed E-state index contributed by atoms with van der Waals surface area (Å²) in [5.74, 6) is 0. The third-order valence-corrected chi connectivity index (χ3v) is 10.7. The molecule has 0 saturated heterocycles. The number of rotatable bonds is 6. The molecule has 250 valence electrons. The topological polar surface area (TPSA) is 15.3 Å². The lowest BCUT2D eigenvalue weighted by Crippen LogP contribution is -2.23. The SMILES string of the molecule is c1ccc(-c2ccc(-c3c4ccccc4c(-c4ccc5c(c4)NC(c4cccc(-c6ccccc6)c4)N5c4ccccc4)c4ccccc34)cc2)cc1. The minimum atomic E-state index is -0.0685. The molecule has 1 atom stereocenters. The highest BCUT2D eigenvalue weighted by Gasteiger charge is 2.32. The summed E-state index contributed by atoms with van der Waals surface area (Å²) in [6.45, 7) is 0. The quantitative estimate of drug-likeness (QED) is 0.176. The highest BCUT2D eigenvalue weighted by Crippen LogP contribution is 2.50. The van der Waals surface area contributed by atoms with Gasteiger partial charge in [-0.3, -0.25) is 0 Å². The first-order chi connectivity index (χ1) is 26.3. The van der Waals surface area contributed by atoms with Crippen molar-refractivity contribution in [3.8, 4) is 44.5 Å². The number of anilines is 3. The van der Waals surface area contributed by atoms with Crippen molar-refractivity contribution in [3.05, 3.63) is 212 Å². The lowest BCUT2D eigenvalue weighted by molar-refractivity contribution is 0.828. The molecule has 0 saturated carbocycles. The van der Waals surface area contributed by atoms with Crippen LogP contribution in [0.25, 0.3) is 66.1 Å². The van der Waals surface area contributed by atoms with E-state index in [-0.39, 0.29) is 6.17 Å². The van der Waals surface area contributed by atoms with E-state index in [1.807, 2.05) is 0 Å². The highest BCUT2D eigenvalue weighted by molar-refractivity contribution is 6.21. The Kier molecular flexibility index (Phi) is 7.58. The Bertz CT molecular complexity index is 2680. The molecular formula is C51H36N2. The van der Waals surface area contributed by atoms with Gasteiger partial charge < -0.3 is 10.2 Å². The van der Waals surface area contributed by atoms with Crippen molar-refractivity contribution in [2.45, 2.75) is 6.17 Å². The van der Waals surface area contributed by atoms with Gasteiger partial charge in [0.1, 0.15) is 6.17 Å². The molecule has 1 aliphatic rings. The fourth-order valence-electron chi connectivity index (χ4n) is 8.21. The van der Waals surface area contributed by atoms with Gasteiger partial charge in [-0.15, -0.1) is 0 Å². The van der Waals surface area contributed by atoms with Crippen LogP contribution in [0.2, 0.25) is 0 Å². The van der Waals surface area contributed by atoms with Crippen LogP contribution in [0.4, 0.5) is 17.1 Å².